The van der Waals surface area contributed by atoms with Gasteiger partial charge in [-0.25, -0.2) is 4.98 Å². The lowest BCUT2D eigenvalue weighted by atomic mass is 10.4. The van der Waals surface area contributed by atoms with E-state index in [1.165, 1.54) is 4.88 Å². The third kappa shape index (κ3) is 1.85. The predicted molar refractivity (Wildman–Crippen MR) is 57.7 cm³/mol. The summed E-state index contributed by atoms with van der Waals surface area (Å²) in [6.45, 7) is 6.93. The smallest absolute Gasteiger partial charge is 0.115 e. The Balaban J connectivity index is 2.18. The van der Waals surface area contributed by atoms with E-state index < -0.39 is 0 Å². The maximum atomic E-state index is 4.47. The first-order chi connectivity index (χ1) is 6.65. The molecule has 74 valence electrons. The topological polar surface area (TPSA) is 30.7 Å². The van der Waals surface area contributed by atoms with Gasteiger partial charge in [-0.1, -0.05) is 0 Å². The van der Waals surface area contributed by atoms with Crippen molar-refractivity contribution in [1.82, 2.24) is 14.8 Å². The van der Waals surface area contributed by atoms with Crippen LogP contribution in [-0.2, 0) is 6.54 Å². The van der Waals surface area contributed by atoms with Gasteiger partial charge in [-0.05, 0) is 26.8 Å². The van der Waals surface area contributed by atoms with Crippen molar-refractivity contribution in [2.45, 2.75) is 27.3 Å². The van der Waals surface area contributed by atoms with Gasteiger partial charge in [0.25, 0.3) is 0 Å². The average Bonchev–Trinajstić information content (AvgIpc) is 2.62. The van der Waals surface area contributed by atoms with E-state index in [1.807, 2.05) is 30.8 Å². The van der Waals surface area contributed by atoms with Gasteiger partial charge in [0.15, 0.2) is 0 Å². The van der Waals surface area contributed by atoms with E-state index in [1.54, 1.807) is 11.3 Å². The van der Waals surface area contributed by atoms with Gasteiger partial charge in [0.05, 0.1) is 17.9 Å². The lowest BCUT2D eigenvalue weighted by molar-refractivity contribution is 0.675. The Kier molecular flexibility index (Phi) is 2.37. The van der Waals surface area contributed by atoms with E-state index in [9.17, 15) is 0 Å². The molecule has 4 heteroatoms. The Morgan fingerprint density at radius 2 is 2.14 bits per heavy atom. The van der Waals surface area contributed by atoms with E-state index in [2.05, 4.69) is 17.0 Å². The van der Waals surface area contributed by atoms with Crippen LogP contribution in [0.25, 0.3) is 0 Å². The standard InChI is InChI=1S/C10H13N3S/c1-7-4-5-13(12-7)6-10-11-8(2)9(3)14-10/h4-5H,6H2,1-3H3. The Morgan fingerprint density at radius 1 is 1.36 bits per heavy atom. The molecule has 0 aliphatic heterocycles. The molecule has 2 aromatic rings. The van der Waals surface area contributed by atoms with E-state index in [0.29, 0.717) is 0 Å². The molecule has 0 fully saturated rings. The van der Waals surface area contributed by atoms with Gasteiger partial charge in [0.2, 0.25) is 0 Å². The number of aryl methyl sites for hydroxylation is 3. The van der Waals surface area contributed by atoms with Gasteiger partial charge >= 0.3 is 0 Å². The van der Waals surface area contributed by atoms with Crippen LogP contribution in [0.2, 0.25) is 0 Å². The van der Waals surface area contributed by atoms with Crippen molar-refractivity contribution in [3.8, 4) is 0 Å². The zero-order valence-corrected chi connectivity index (χ0v) is 9.43. The van der Waals surface area contributed by atoms with Crippen LogP contribution in [0.15, 0.2) is 12.3 Å². The second kappa shape index (κ2) is 3.53. The van der Waals surface area contributed by atoms with Crippen LogP contribution in [-0.4, -0.2) is 14.8 Å². The highest BCUT2D eigenvalue weighted by atomic mass is 32.1. The van der Waals surface area contributed by atoms with E-state index in [0.717, 1.165) is 22.9 Å². The first-order valence-corrected chi connectivity index (χ1v) is 5.40. The SMILES string of the molecule is Cc1ccn(Cc2nc(C)c(C)s2)n1. The third-order valence-corrected chi connectivity index (χ3v) is 3.20. The summed E-state index contributed by atoms with van der Waals surface area (Å²) >= 11 is 1.75. The normalized spacial score (nSPS) is 10.8. The first-order valence-electron chi connectivity index (χ1n) is 4.58. The van der Waals surface area contributed by atoms with Crippen molar-refractivity contribution in [1.29, 1.82) is 0 Å². The zero-order valence-electron chi connectivity index (χ0n) is 8.61. The van der Waals surface area contributed by atoms with E-state index >= 15 is 0 Å². The molecule has 0 unspecified atom stereocenters. The molecule has 0 radical (unpaired) electrons. The number of rotatable bonds is 2. The lowest BCUT2D eigenvalue weighted by Gasteiger charge is -1.95. The van der Waals surface area contributed by atoms with Crippen LogP contribution in [0.5, 0.6) is 0 Å². The molecule has 0 aliphatic rings. The summed E-state index contributed by atoms with van der Waals surface area (Å²) < 4.78 is 1.92. The zero-order chi connectivity index (χ0) is 10.1. The maximum Gasteiger partial charge on any atom is 0.115 e. The molecule has 0 aliphatic carbocycles. The number of nitrogens with zero attached hydrogens (tertiary/aromatic N) is 3. The summed E-state index contributed by atoms with van der Waals surface area (Å²) in [6, 6.07) is 2.01. The van der Waals surface area contributed by atoms with Crippen molar-refractivity contribution >= 4 is 11.3 Å². The Hall–Kier alpha value is -1.16. The van der Waals surface area contributed by atoms with Gasteiger partial charge in [-0.3, -0.25) is 4.68 Å². The van der Waals surface area contributed by atoms with E-state index in [-0.39, 0.29) is 0 Å². The van der Waals surface area contributed by atoms with Gasteiger partial charge in [-0.15, -0.1) is 11.3 Å². The Morgan fingerprint density at radius 3 is 2.64 bits per heavy atom. The highest BCUT2D eigenvalue weighted by Crippen LogP contribution is 2.17. The lowest BCUT2D eigenvalue weighted by Crippen LogP contribution is -1.99. The molecule has 2 rings (SSSR count). The van der Waals surface area contributed by atoms with Gasteiger partial charge < -0.3 is 0 Å². The number of hydrogen-bond acceptors (Lipinski definition) is 3. The largest absolute Gasteiger partial charge is 0.266 e. The monoisotopic (exact) mass is 207 g/mol. The van der Waals surface area contributed by atoms with Gasteiger partial charge in [0.1, 0.15) is 5.01 Å². The highest BCUT2D eigenvalue weighted by Gasteiger charge is 2.04. The van der Waals surface area contributed by atoms with Crippen molar-refractivity contribution in [3.05, 3.63) is 33.5 Å². The van der Waals surface area contributed by atoms with Crippen LogP contribution < -0.4 is 0 Å². The molecule has 0 saturated carbocycles. The minimum Gasteiger partial charge on any atom is -0.266 e. The molecule has 0 atom stereocenters. The summed E-state index contributed by atoms with van der Waals surface area (Å²) in [5.74, 6) is 0. The maximum absolute atomic E-state index is 4.47. The summed E-state index contributed by atoms with van der Waals surface area (Å²) in [4.78, 5) is 5.77. The van der Waals surface area contributed by atoms with Crippen molar-refractivity contribution < 1.29 is 0 Å². The molecule has 0 aromatic carbocycles. The van der Waals surface area contributed by atoms with Gasteiger partial charge in [-0.2, -0.15) is 5.10 Å². The van der Waals surface area contributed by atoms with Crippen LogP contribution in [0, 0.1) is 20.8 Å². The molecule has 0 N–H and O–H groups in total. The quantitative estimate of drug-likeness (QED) is 0.756. The Labute approximate surface area is 87.4 Å². The minimum atomic E-state index is 0.785. The third-order valence-electron chi connectivity index (χ3n) is 2.14. The molecule has 0 amide bonds. The molecule has 0 spiro atoms. The molecular formula is C10H13N3S. The van der Waals surface area contributed by atoms with Crippen LogP contribution in [0.1, 0.15) is 21.3 Å². The number of hydrogen-bond donors (Lipinski definition) is 0. The summed E-state index contributed by atoms with van der Waals surface area (Å²) in [5, 5.41) is 5.46. The minimum absolute atomic E-state index is 0.785. The Bertz CT molecular complexity index is 422. The molecule has 0 bridgehead atoms. The number of thiazole rings is 1. The van der Waals surface area contributed by atoms with E-state index in [4.69, 9.17) is 0 Å². The molecule has 2 aromatic heterocycles. The van der Waals surface area contributed by atoms with Gasteiger partial charge in [0, 0.05) is 11.1 Å². The fraction of sp³-hybridized carbons (Fsp3) is 0.400. The van der Waals surface area contributed by atoms with Crippen molar-refractivity contribution in [3.63, 3.8) is 0 Å². The summed E-state index contributed by atoms with van der Waals surface area (Å²) in [6.07, 6.45) is 1.99. The van der Waals surface area contributed by atoms with Crippen LogP contribution in [0.4, 0.5) is 0 Å². The molecule has 0 saturated heterocycles. The predicted octanol–water partition coefficient (Wildman–Crippen LogP) is 2.31. The molecule has 2 heterocycles. The highest BCUT2D eigenvalue weighted by molar-refractivity contribution is 7.11. The van der Waals surface area contributed by atoms with Crippen LogP contribution in [0.3, 0.4) is 0 Å². The summed E-state index contributed by atoms with van der Waals surface area (Å²) in [5.41, 5.74) is 2.18. The van der Waals surface area contributed by atoms with Crippen molar-refractivity contribution in [2.75, 3.05) is 0 Å². The van der Waals surface area contributed by atoms with Crippen LogP contribution >= 0.6 is 11.3 Å². The second-order valence-electron chi connectivity index (χ2n) is 3.40. The molecule has 3 nitrogen and oxygen atoms in total. The summed E-state index contributed by atoms with van der Waals surface area (Å²) in [7, 11) is 0. The fourth-order valence-corrected chi connectivity index (χ4v) is 2.22. The average molecular weight is 207 g/mol. The molecule has 14 heavy (non-hydrogen) atoms. The van der Waals surface area contributed by atoms with Crippen molar-refractivity contribution in [2.24, 2.45) is 0 Å². The first kappa shape index (κ1) is 9.40. The number of aromatic nitrogens is 3. The molecular weight excluding hydrogens is 194 g/mol. The second-order valence-corrected chi connectivity index (χ2v) is 4.69. The fourth-order valence-electron chi connectivity index (χ4n) is 1.30.